The molecule has 0 spiro atoms. The molecule has 23 heavy (non-hydrogen) atoms. The van der Waals surface area contributed by atoms with Crippen molar-refractivity contribution < 1.29 is 18.0 Å². The van der Waals surface area contributed by atoms with E-state index in [9.17, 15) is 18.0 Å². The highest BCUT2D eigenvalue weighted by atomic mass is 19.4. The second-order valence-corrected chi connectivity index (χ2v) is 5.78. The van der Waals surface area contributed by atoms with E-state index in [0.29, 0.717) is 5.69 Å². The van der Waals surface area contributed by atoms with Gasteiger partial charge in [-0.15, -0.1) is 5.10 Å². The zero-order chi connectivity index (χ0) is 17.4. The number of hydrogen-bond acceptors (Lipinski definition) is 4. The maximum absolute atomic E-state index is 12.6. The second kappa shape index (κ2) is 5.67. The molecule has 0 aromatic carbocycles. The molecule has 0 saturated carbocycles. The number of halogens is 3. The molecule has 0 aliphatic heterocycles. The van der Waals surface area contributed by atoms with Crippen LogP contribution in [0, 0.1) is 6.92 Å². The Morgan fingerprint density at radius 1 is 1.30 bits per heavy atom. The lowest BCUT2D eigenvalue weighted by atomic mass is 10.0. The van der Waals surface area contributed by atoms with Gasteiger partial charge in [0.2, 0.25) is 5.91 Å². The van der Waals surface area contributed by atoms with E-state index in [0.717, 1.165) is 10.7 Å². The van der Waals surface area contributed by atoms with Crippen LogP contribution in [0.3, 0.4) is 0 Å². The number of nitrogens with zero attached hydrogens (tertiary/aromatic N) is 5. The number of alkyl halides is 3. The van der Waals surface area contributed by atoms with Crippen LogP contribution >= 0.6 is 0 Å². The van der Waals surface area contributed by atoms with Gasteiger partial charge in [0.15, 0.2) is 5.69 Å². The first-order valence-corrected chi connectivity index (χ1v) is 6.78. The number of carbonyl (C=O) groups excluding carboxylic acids is 1. The summed E-state index contributed by atoms with van der Waals surface area (Å²) in [7, 11) is 1.69. The minimum Gasteiger partial charge on any atom is -0.344 e. The van der Waals surface area contributed by atoms with Crippen molar-refractivity contribution in [2.45, 2.75) is 39.0 Å². The van der Waals surface area contributed by atoms with Gasteiger partial charge in [0.1, 0.15) is 12.2 Å². The molecule has 0 saturated heterocycles. The van der Waals surface area contributed by atoms with Crippen molar-refractivity contribution in [2.24, 2.45) is 7.05 Å². The van der Waals surface area contributed by atoms with Crippen molar-refractivity contribution in [3.63, 3.8) is 0 Å². The van der Waals surface area contributed by atoms with Gasteiger partial charge in [-0.2, -0.15) is 18.3 Å². The monoisotopic (exact) mass is 330 g/mol. The number of aryl methyl sites for hydroxylation is 2. The Hall–Kier alpha value is -2.39. The minimum absolute atomic E-state index is 0.254. The van der Waals surface area contributed by atoms with Gasteiger partial charge in [-0.3, -0.25) is 14.2 Å². The molecule has 2 heterocycles. The summed E-state index contributed by atoms with van der Waals surface area (Å²) in [5.74, 6) is -0.472. The van der Waals surface area contributed by atoms with E-state index in [1.54, 1.807) is 27.1 Å². The standard InChI is InChI=1S/C13H17F3N6O/c1-8-5-9(13(14,15)16)19-22(8)7-11(23)17-12(2,3)10-6-21(4)20-18-10/h5-6H,7H2,1-4H3,(H,17,23). The molecule has 0 atom stereocenters. The maximum Gasteiger partial charge on any atom is 0.435 e. The summed E-state index contributed by atoms with van der Waals surface area (Å²) in [5, 5.41) is 13.9. The van der Waals surface area contributed by atoms with Crippen LogP contribution in [0.25, 0.3) is 0 Å². The predicted molar refractivity (Wildman–Crippen MR) is 74.1 cm³/mol. The Morgan fingerprint density at radius 3 is 2.43 bits per heavy atom. The van der Waals surface area contributed by atoms with Crippen molar-refractivity contribution in [1.29, 1.82) is 0 Å². The molecule has 0 fully saturated rings. The molecule has 1 amide bonds. The topological polar surface area (TPSA) is 77.6 Å². The number of rotatable bonds is 4. The van der Waals surface area contributed by atoms with Crippen LogP contribution in [0.1, 0.15) is 30.9 Å². The summed E-state index contributed by atoms with van der Waals surface area (Å²) < 4.78 is 40.4. The second-order valence-electron chi connectivity index (χ2n) is 5.78. The normalized spacial score (nSPS) is 12.5. The first-order valence-electron chi connectivity index (χ1n) is 6.78. The molecule has 2 aromatic rings. The van der Waals surface area contributed by atoms with E-state index in [4.69, 9.17) is 0 Å². The van der Waals surface area contributed by atoms with Gasteiger partial charge in [-0.1, -0.05) is 5.21 Å². The Labute approximate surface area is 130 Å². The first kappa shape index (κ1) is 17.0. The molecule has 10 heteroatoms. The highest BCUT2D eigenvalue weighted by Gasteiger charge is 2.34. The Kier molecular flexibility index (Phi) is 4.18. The molecule has 0 aliphatic carbocycles. The lowest BCUT2D eigenvalue weighted by Crippen LogP contribution is -2.43. The number of hydrogen-bond donors (Lipinski definition) is 1. The molecule has 2 rings (SSSR count). The van der Waals surface area contributed by atoms with Crippen molar-refractivity contribution >= 4 is 5.91 Å². The van der Waals surface area contributed by atoms with Crippen LogP contribution < -0.4 is 5.32 Å². The fraction of sp³-hybridized carbons (Fsp3) is 0.538. The lowest BCUT2D eigenvalue weighted by molar-refractivity contribution is -0.141. The van der Waals surface area contributed by atoms with Crippen LogP contribution in [0.15, 0.2) is 12.3 Å². The third-order valence-electron chi connectivity index (χ3n) is 3.26. The molecule has 7 nitrogen and oxygen atoms in total. The molecule has 0 unspecified atom stereocenters. The molecule has 126 valence electrons. The predicted octanol–water partition coefficient (Wildman–Crippen LogP) is 1.39. The molecular weight excluding hydrogens is 313 g/mol. The van der Waals surface area contributed by atoms with Crippen LogP contribution in [0.4, 0.5) is 13.2 Å². The lowest BCUT2D eigenvalue weighted by Gasteiger charge is -2.23. The van der Waals surface area contributed by atoms with E-state index in [1.165, 1.54) is 11.6 Å². The molecule has 2 aromatic heterocycles. The first-order chi connectivity index (χ1) is 10.5. The summed E-state index contributed by atoms with van der Waals surface area (Å²) in [5.41, 5.74) is -1.03. The van der Waals surface area contributed by atoms with Crippen LogP contribution in [0.2, 0.25) is 0 Å². The SMILES string of the molecule is Cc1cc(C(F)(F)F)nn1CC(=O)NC(C)(C)c1cn(C)nn1. The van der Waals surface area contributed by atoms with Crippen molar-refractivity contribution in [2.75, 3.05) is 0 Å². The quantitative estimate of drug-likeness (QED) is 0.919. The average molecular weight is 330 g/mol. The summed E-state index contributed by atoms with van der Waals surface area (Å²) in [4.78, 5) is 12.1. The molecule has 0 aliphatic rings. The maximum atomic E-state index is 12.6. The molecule has 0 bridgehead atoms. The molecular formula is C13H17F3N6O. The van der Waals surface area contributed by atoms with Gasteiger partial charge in [-0.25, -0.2) is 0 Å². The van der Waals surface area contributed by atoms with E-state index in [1.807, 2.05) is 0 Å². The highest BCUT2D eigenvalue weighted by molar-refractivity contribution is 5.76. The van der Waals surface area contributed by atoms with E-state index >= 15 is 0 Å². The number of carbonyl (C=O) groups is 1. The van der Waals surface area contributed by atoms with Crippen molar-refractivity contribution in [3.8, 4) is 0 Å². The van der Waals surface area contributed by atoms with E-state index in [2.05, 4.69) is 20.7 Å². The molecule has 1 N–H and O–H groups in total. The van der Waals surface area contributed by atoms with E-state index < -0.39 is 23.3 Å². The Bertz CT molecular complexity index is 716. The fourth-order valence-electron chi connectivity index (χ4n) is 2.03. The zero-order valence-corrected chi connectivity index (χ0v) is 13.1. The van der Waals surface area contributed by atoms with Gasteiger partial charge < -0.3 is 5.32 Å². The van der Waals surface area contributed by atoms with Gasteiger partial charge >= 0.3 is 6.18 Å². The largest absolute Gasteiger partial charge is 0.435 e. The Balaban J connectivity index is 2.09. The summed E-state index contributed by atoms with van der Waals surface area (Å²) in [6.07, 6.45) is -2.88. The third kappa shape index (κ3) is 3.88. The number of nitrogens with one attached hydrogen (secondary N) is 1. The van der Waals surface area contributed by atoms with Gasteiger partial charge in [-0.05, 0) is 26.8 Å². The number of aromatic nitrogens is 5. The highest BCUT2D eigenvalue weighted by Crippen LogP contribution is 2.28. The summed E-state index contributed by atoms with van der Waals surface area (Å²) in [6, 6.07) is 0.904. The number of amides is 1. The van der Waals surface area contributed by atoms with Gasteiger partial charge in [0.25, 0.3) is 0 Å². The van der Waals surface area contributed by atoms with Crippen LogP contribution in [0.5, 0.6) is 0 Å². The third-order valence-corrected chi connectivity index (χ3v) is 3.26. The van der Waals surface area contributed by atoms with Crippen molar-refractivity contribution in [1.82, 2.24) is 30.1 Å². The smallest absolute Gasteiger partial charge is 0.344 e. The van der Waals surface area contributed by atoms with Crippen LogP contribution in [-0.2, 0) is 30.1 Å². The fourth-order valence-corrected chi connectivity index (χ4v) is 2.03. The average Bonchev–Trinajstić information content (AvgIpc) is 2.96. The van der Waals surface area contributed by atoms with E-state index in [-0.39, 0.29) is 12.2 Å². The van der Waals surface area contributed by atoms with Gasteiger partial charge in [0, 0.05) is 12.7 Å². The summed E-state index contributed by atoms with van der Waals surface area (Å²) in [6.45, 7) is 4.60. The molecule has 0 radical (unpaired) electrons. The van der Waals surface area contributed by atoms with Gasteiger partial charge in [0.05, 0.1) is 11.7 Å². The zero-order valence-electron chi connectivity index (χ0n) is 13.1. The van der Waals surface area contributed by atoms with Crippen molar-refractivity contribution in [3.05, 3.63) is 29.3 Å². The Morgan fingerprint density at radius 2 is 1.96 bits per heavy atom. The summed E-state index contributed by atoms with van der Waals surface area (Å²) >= 11 is 0. The van der Waals surface area contributed by atoms with Crippen LogP contribution in [-0.4, -0.2) is 30.7 Å². The minimum atomic E-state index is -4.54.